The summed E-state index contributed by atoms with van der Waals surface area (Å²) in [6, 6.07) is 13.8. The van der Waals surface area contributed by atoms with Gasteiger partial charge in [0.05, 0.1) is 0 Å². The number of nitrogens with two attached hydrogens (primary N) is 1. The van der Waals surface area contributed by atoms with Crippen molar-refractivity contribution in [2.75, 3.05) is 5.32 Å². The van der Waals surface area contributed by atoms with Crippen LogP contribution < -0.4 is 11.1 Å². The lowest BCUT2D eigenvalue weighted by atomic mass is 10.1. The van der Waals surface area contributed by atoms with Crippen molar-refractivity contribution in [3.8, 4) is 0 Å². The summed E-state index contributed by atoms with van der Waals surface area (Å²) in [7, 11) is 0. The van der Waals surface area contributed by atoms with Crippen LogP contribution in [0.5, 0.6) is 0 Å². The first-order valence-corrected chi connectivity index (χ1v) is 7.51. The smallest absolute Gasteiger partial charge is 0.245 e. The van der Waals surface area contributed by atoms with Crippen molar-refractivity contribution in [1.82, 2.24) is 0 Å². The SMILES string of the molecule is Cc1ccccc1CSc1ccc2c(c1)NC(=O)C2N. The number of anilines is 1. The molecule has 0 fully saturated rings. The van der Waals surface area contributed by atoms with Crippen LogP contribution in [0.25, 0.3) is 0 Å². The highest BCUT2D eigenvalue weighted by Gasteiger charge is 2.26. The number of benzene rings is 2. The molecule has 102 valence electrons. The molecule has 0 aromatic heterocycles. The summed E-state index contributed by atoms with van der Waals surface area (Å²) in [4.78, 5) is 12.7. The van der Waals surface area contributed by atoms with Gasteiger partial charge in [0, 0.05) is 21.9 Å². The minimum atomic E-state index is -0.527. The molecular weight excluding hydrogens is 268 g/mol. The second-order valence-electron chi connectivity index (χ2n) is 4.93. The van der Waals surface area contributed by atoms with E-state index in [0.29, 0.717) is 0 Å². The second-order valence-corrected chi connectivity index (χ2v) is 5.98. The molecular formula is C16H16N2OS. The van der Waals surface area contributed by atoms with Crippen molar-refractivity contribution in [2.24, 2.45) is 5.73 Å². The van der Waals surface area contributed by atoms with Gasteiger partial charge in [0.1, 0.15) is 6.04 Å². The zero-order valence-corrected chi connectivity index (χ0v) is 12.0. The van der Waals surface area contributed by atoms with Crippen LogP contribution in [0.3, 0.4) is 0 Å². The molecule has 20 heavy (non-hydrogen) atoms. The molecule has 2 aromatic rings. The van der Waals surface area contributed by atoms with Gasteiger partial charge in [-0.1, -0.05) is 30.3 Å². The van der Waals surface area contributed by atoms with Gasteiger partial charge >= 0.3 is 0 Å². The molecule has 3 nitrogen and oxygen atoms in total. The predicted molar refractivity (Wildman–Crippen MR) is 82.7 cm³/mol. The Kier molecular flexibility index (Phi) is 3.51. The second kappa shape index (κ2) is 5.31. The minimum Gasteiger partial charge on any atom is -0.324 e. The van der Waals surface area contributed by atoms with E-state index < -0.39 is 6.04 Å². The Morgan fingerprint density at radius 1 is 1.25 bits per heavy atom. The number of carbonyl (C=O) groups is 1. The largest absolute Gasteiger partial charge is 0.324 e. The standard InChI is InChI=1S/C16H16N2OS/c1-10-4-2-3-5-11(10)9-20-12-6-7-13-14(8-12)18-16(19)15(13)17/h2-8,15H,9,17H2,1H3,(H,18,19). The molecule has 0 saturated heterocycles. The third kappa shape index (κ3) is 2.44. The quantitative estimate of drug-likeness (QED) is 0.851. The average Bonchev–Trinajstić information content (AvgIpc) is 2.73. The Bertz CT molecular complexity index is 669. The Morgan fingerprint density at radius 3 is 2.85 bits per heavy atom. The lowest BCUT2D eigenvalue weighted by Gasteiger charge is -2.07. The molecule has 1 unspecified atom stereocenters. The molecule has 1 aliphatic rings. The molecule has 2 aromatic carbocycles. The van der Waals surface area contributed by atoms with Crippen molar-refractivity contribution in [2.45, 2.75) is 23.6 Å². The Balaban J connectivity index is 1.76. The molecule has 1 atom stereocenters. The van der Waals surface area contributed by atoms with Crippen molar-refractivity contribution in [3.05, 3.63) is 59.2 Å². The number of carbonyl (C=O) groups excluding carboxylic acids is 1. The van der Waals surface area contributed by atoms with Crippen molar-refractivity contribution < 1.29 is 4.79 Å². The van der Waals surface area contributed by atoms with E-state index >= 15 is 0 Å². The van der Waals surface area contributed by atoms with Gasteiger partial charge < -0.3 is 11.1 Å². The van der Waals surface area contributed by atoms with Crippen molar-refractivity contribution in [3.63, 3.8) is 0 Å². The monoisotopic (exact) mass is 284 g/mol. The van der Waals surface area contributed by atoms with Gasteiger partial charge in [-0.25, -0.2) is 0 Å². The number of hydrogen-bond donors (Lipinski definition) is 2. The molecule has 4 heteroatoms. The maximum atomic E-state index is 11.5. The first kappa shape index (κ1) is 13.2. The van der Waals surface area contributed by atoms with E-state index in [0.717, 1.165) is 21.9 Å². The molecule has 0 spiro atoms. The van der Waals surface area contributed by atoms with Gasteiger partial charge in [-0.2, -0.15) is 0 Å². The summed E-state index contributed by atoms with van der Waals surface area (Å²) < 4.78 is 0. The lowest BCUT2D eigenvalue weighted by Crippen LogP contribution is -2.19. The van der Waals surface area contributed by atoms with Gasteiger partial charge in [0.15, 0.2) is 0 Å². The first-order valence-electron chi connectivity index (χ1n) is 6.53. The maximum Gasteiger partial charge on any atom is 0.245 e. The first-order chi connectivity index (χ1) is 9.65. The summed E-state index contributed by atoms with van der Waals surface area (Å²) in [5.41, 5.74) is 10.2. The van der Waals surface area contributed by atoms with E-state index in [1.807, 2.05) is 18.2 Å². The summed E-state index contributed by atoms with van der Waals surface area (Å²) in [6.45, 7) is 2.12. The van der Waals surface area contributed by atoms with Crippen LogP contribution in [0.15, 0.2) is 47.4 Å². The van der Waals surface area contributed by atoms with E-state index in [1.54, 1.807) is 11.8 Å². The summed E-state index contributed by atoms with van der Waals surface area (Å²) >= 11 is 1.76. The number of hydrogen-bond acceptors (Lipinski definition) is 3. The normalized spacial score (nSPS) is 16.9. The van der Waals surface area contributed by atoms with Crippen LogP contribution in [0.2, 0.25) is 0 Å². The highest BCUT2D eigenvalue weighted by atomic mass is 32.2. The van der Waals surface area contributed by atoms with Crippen LogP contribution in [0.1, 0.15) is 22.7 Å². The number of amides is 1. The van der Waals surface area contributed by atoms with E-state index in [9.17, 15) is 4.79 Å². The maximum absolute atomic E-state index is 11.5. The topological polar surface area (TPSA) is 55.1 Å². The summed E-state index contributed by atoms with van der Waals surface area (Å²) in [5.74, 6) is 0.798. The van der Waals surface area contributed by atoms with Crippen LogP contribution >= 0.6 is 11.8 Å². The number of aryl methyl sites for hydroxylation is 1. The van der Waals surface area contributed by atoms with Crippen LogP contribution in [-0.4, -0.2) is 5.91 Å². The van der Waals surface area contributed by atoms with E-state index in [2.05, 4.69) is 36.5 Å². The average molecular weight is 284 g/mol. The Hall–Kier alpha value is -1.78. The van der Waals surface area contributed by atoms with E-state index in [-0.39, 0.29) is 5.91 Å². The highest BCUT2D eigenvalue weighted by molar-refractivity contribution is 7.98. The third-order valence-corrected chi connectivity index (χ3v) is 4.60. The molecule has 0 saturated carbocycles. The van der Waals surface area contributed by atoms with Gasteiger partial charge in [-0.05, 0) is 30.2 Å². The third-order valence-electron chi connectivity index (χ3n) is 3.56. The molecule has 1 amide bonds. The molecule has 3 N–H and O–H groups in total. The Labute approximate surface area is 122 Å². The molecule has 1 heterocycles. The summed E-state index contributed by atoms with van der Waals surface area (Å²) in [6.07, 6.45) is 0. The number of thioether (sulfide) groups is 1. The fraction of sp³-hybridized carbons (Fsp3) is 0.188. The molecule has 3 rings (SSSR count). The van der Waals surface area contributed by atoms with Gasteiger partial charge in [0.2, 0.25) is 5.91 Å². The highest BCUT2D eigenvalue weighted by Crippen LogP contribution is 2.34. The van der Waals surface area contributed by atoms with E-state index in [1.165, 1.54) is 11.1 Å². The van der Waals surface area contributed by atoms with Crippen LogP contribution in [-0.2, 0) is 10.5 Å². The Morgan fingerprint density at radius 2 is 2.05 bits per heavy atom. The fourth-order valence-electron chi connectivity index (χ4n) is 2.29. The van der Waals surface area contributed by atoms with Gasteiger partial charge in [-0.15, -0.1) is 11.8 Å². The molecule has 0 aliphatic carbocycles. The van der Waals surface area contributed by atoms with Crippen molar-refractivity contribution in [1.29, 1.82) is 0 Å². The zero-order chi connectivity index (χ0) is 14.1. The number of nitrogens with one attached hydrogen (secondary N) is 1. The molecule has 0 radical (unpaired) electrons. The predicted octanol–water partition coefficient (Wildman–Crippen LogP) is 3.24. The van der Waals surface area contributed by atoms with Gasteiger partial charge in [0.25, 0.3) is 0 Å². The summed E-state index contributed by atoms with van der Waals surface area (Å²) in [5, 5.41) is 2.82. The van der Waals surface area contributed by atoms with Crippen LogP contribution in [0.4, 0.5) is 5.69 Å². The van der Waals surface area contributed by atoms with Gasteiger partial charge in [-0.3, -0.25) is 4.79 Å². The molecule has 0 bridgehead atoms. The minimum absolute atomic E-state index is 0.124. The van der Waals surface area contributed by atoms with Crippen molar-refractivity contribution >= 4 is 23.4 Å². The number of rotatable bonds is 3. The van der Waals surface area contributed by atoms with Crippen LogP contribution in [0, 0.1) is 6.92 Å². The lowest BCUT2D eigenvalue weighted by molar-refractivity contribution is -0.116. The fourth-order valence-corrected chi connectivity index (χ4v) is 3.30. The number of fused-ring (bicyclic) bond motifs is 1. The molecule has 1 aliphatic heterocycles. The van der Waals surface area contributed by atoms with E-state index in [4.69, 9.17) is 5.73 Å². The zero-order valence-electron chi connectivity index (χ0n) is 11.2.